The van der Waals surface area contributed by atoms with Gasteiger partial charge in [-0.2, -0.15) is 0 Å². The summed E-state index contributed by atoms with van der Waals surface area (Å²) in [4.78, 5) is 23.9. The van der Waals surface area contributed by atoms with Gasteiger partial charge in [0, 0.05) is 94.1 Å². The van der Waals surface area contributed by atoms with Crippen molar-refractivity contribution >= 4 is 5.78 Å². The van der Waals surface area contributed by atoms with E-state index in [1.165, 1.54) is 52.0 Å². The number of nitrogens with zero attached hydrogens (tertiary/aromatic N) is 5. The van der Waals surface area contributed by atoms with E-state index in [9.17, 15) is 4.79 Å². The summed E-state index contributed by atoms with van der Waals surface area (Å²) in [5, 5.41) is 6.75. The third kappa shape index (κ3) is 19.3. The highest BCUT2D eigenvalue weighted by Gasteiger charge is 2.36. The predicted octanol–water partition coefficient (Wildman–Crippen LogP) is 6.61. The number of hydrogen-bond donors (Lipinski definition) is 3. The minimum absolute atomic E-state index is 0.0578. The van der Waals surface area contributed by atoms with E-state index >= 15 is 0 Å². The van der Waals surface area contributed by atoms with E-state index < -0.39 is 0 Å². The molecule has 4 aliphatic rings. The second-order valence-electron chi connectivity index (χ2n) is 20.8. The van der Waals surface area contributed by atoms with Crippen LogP contribution < -0.4 is 16.4 Å². The zero-order chi connectivity index (χ0) is 42.3. The fourth-order valence-electron chi connectivity index (χ4n) is 9.09. The zero-order valence-corrected chi connectivity index (χ0v) is 40.2. The summed E-state index contributed by atoms with van der Waals surface area (Å²) >= 11 is 0. The second-order valence-corrected chi connectivity index (χ2v) is 20.8. The molecular formula is C46H98N8O. The molecule has 0 aromatic rings. The fourth-order valence-corrected chi connectivity index (χ4v) is 9.09. The monoisotopic (exact) mass is 779 g/mol. The second kappa shape index (κ2) is 25.8. The summed E-state index contributed by atoms with van der Waals surface area (Å²) in [7, 11) is 6.55. The molecule has 0 aromatic carbocycles. The molecule has 7 unspecified atom stereocenters. The Bertz CT molecular complexity index is 1010. The van der Waals surface area contributed by atoms with Gasteiger partial charge in [0.15, 0.2) is 5.78 Å². The summed E-state index contributed by atoms with van der Waals surface area (Å²) in [5.41, 5.74) is 6.11. The Morgan fingerprint density at radius 3 is 1.40 bits per heavy atom. The molecule has 0 bridgehead atoms. The van der Waals surface area contributed by atoms with Crippen LogP contribution in [0.5, 0.6) is 0 Å². The molecule has 55 heavy (non-hydrogen) atoms. The molecular weight excluding hydrogens is 681 g/mol. The maximum atomic E-state index is 11.5. The number of likely N-dealkylation sites (N-methyl/N-ethyl adjacent to an activating group) is 2. The number of hydrogen-bond acceptors (Lipinski definition) is 9. The van der Waals surface area contributed by atoms with Gasteiger partial charge in [-0.1, -0.05) is 55.4 Å². The van der Waals surface area contributed by atoms with Crippen LogP contribution in [0.1, 0.15) is 130 Å². The van der Waals surface area contributed by atoms with Crippen molar-refractivity contribution in [2.75, 3.05) is 73.5 Å². The highest BCUT2D eigenvalue weighted by molar-refractivity contribution is 5.88. The van der Waals surface area contributed by atoms with Crippen LogP contribution in [0.15, 0.2) is 0 Å². The first-order valence-electron chi connectivity index (χ1n) is 22.8. The Labute approximate surface area is 344 Å². The number of carbonyl (C=O) groups is 1. The van der Waals surface area contributed by atoms with E-state index in [-0.39, 0.29) is 6.04 Å². The van der Waals surface area contributed by atoms with Crippen molar-refractivity contribution in [2.45, 2.75) is 184 Å². The SMILES string of the molecule is CC(C)CC1CN(C(C)C)CC1N.CC(C)CC1CN(C(C)C)CC1N(C)C.CC(C)NC1CN(C(C)C)CC1=O.CNC1CN(C(C)C)CC1CC(C)C. The first-order chi connectivity index (χ1) is 25.5. The van der Waals surface area contributed by atoms with Crippen LogP contribution in [0.3, 0.4) is 0 Å². The van der Waals surface area contributed by atoms with Crippen LogP contribution in [0, 0.1) is 35.5 Å². The third-order valence-corrected chi connectivity index (χ3v) is 12.4. The number of Topliss-reactive ketones (excluding diaryl/α,β-unsaturated/α-hetero) is 1. The average molecular weight is 779 g/mol. The van der Waals surface area contributed by atoms with E-state index in [1.54, 1.807) is 0 Å². The van der Waals surface area contributed by atoms with Gasteiger partial charge in [0.2, 0.25) is 0 Å². The topological polar surface area (TPSA) is 83.4 Å². The van der Waals surface area contributed by atoms with Gasteiger partial charge in [-0.05, 0) is 131 Å². The number of rotatable bonds is 14. The van der Waals surface area contributed by atoms with E-state index in [2.05, 4.69) is 167 Å². The molecule has 0 aliphatic carbocycles. The van der Waals surface area contributed by atoms with Crippen LogP contribution in [0.4, 0.5) is 0 Å². The number of carbonyl (C=O) groups excluding carboxylic acids is 1. The summed E-state index contributed by atoms with van der Waals surface area (Å²) in [5.74, 6) is 5.20. The molecule has 0 saturated carbocycles. The van der Waals surface area contributed by atoms with Gasteiger partial charge in [0.05, 0.1) is 12.6 Å². The van der Waals surface area contributed by atoms with E-state index in [0.717, 1.165) is 54.6 Å². The maximum Gasteiger partial charge on any atom is 0.164 e. The molecule has 9 heteroatoms. The molecule has 4 rings (SSSR count). The normalized spacial score (nSPS) is 28.5. The largest absolute Gasteiger partial charge is 0.326 e. The maximum absolute atomic E-state index is 11.5. The van der Waals surface area contributed by atoms with E-state index in [4.69, 9.17) is 5.73 Å². The molecule has 328 valence electrons. The van der Waals surface area contributed by atoms with Crippen molar-refractivity contribution in [2.24, 2.45) is 41.2 Å². The Balaban J connectivity index is 0.000000367. The van der Waals surface area contributed by atoms with Gasteiger partial charge in [-0.15, -0.1) is 0 Å². The molecule has 4 heterocycles. The lowest BCUT2D eigenvalue weighted by Crippen LogP contribution is -2.41. The van der Waals surface area contributed by atoms with Gasteiger partial charge < -0.3 is 21.3 Å². The van der Waals surface area contributed by atoms with Crippen molar-refractivity contribution in [3.05, 3.63) is 0 Å². The van der Waals surface area contributed by atoms with Crippen LogP contribution in [-0.2, 0) is 4.79 Å². The minimum atomic E-state index is 0.0578. The van der Waals surface area contributed by atoms with Crippen molar-refractivity contribution < 1.29 is 4.79 Å². The molecule has 4 N–H and O–H groups in total. The number of likely N-dealkylation sites (tertiary alicyclic amines) is 4. The molecule has 9 nitrogen and oxygen atoms in total. The molecule has 4 aliphatic heterocycles. The quantitative estimate of drug-likeness (QED) is 0.181. The minimum Gasteiger partial charge on any atom is -0.326 e. The van der Waals surface area contributed by atoms with Crippen LogP contribution in [0.25, 0.3) is 0 Å². The van der Waals surface area contributed by atoms with Crippen molar-refractivity contribution in [3.63, 3.8) is 0 Å². The van der Waals surface area contributed by atoms with Gasteiger partial charge in [0.1, 0.15) is 0 Å². The molecule has 4 fully saturated rings. The van der Waals surface area contributed by atoms with Crippen molar-refractivity contribution in [3.8, 4) is 0 Å². The summed E-state index contributed by atoms with van der Waals surface area (Å²) in [6.45, 7) is 44.8. The molecule has 0 radical (unpaired) electrons. The van der Waals surface area contributed by atoms with Gasteiger partial charge in [0.25, 0.3) is 0 Å². The van der Waals surface area contributed by atoms with Gasteiger partial charge in [-0.3, -0.25) is 24.4 Å². The highest BCUT2D eigenvalue weighted by Crippen LogP contribution is 2.28. The molecule has 0 spiro atoms. The number of ketones is 1. The highest BCUT2D eigenvalue weighted by atomic mass is 16.1. The lowest BCUT2D eigenvalue weighted by atomic mass is 9.92. The summed E-state index contributed by atoms with van der Waals surface area (Å²) in [6.07, 6.45) is 4.01. The number of nitrogens with two attached hydrogens (primary N) is 1. The first-order valence-corrected chi connectivity index (χ1v) is 22.8. The zero-order valence-electron chi connectivity index (χ0n) is 40.2. The van der Waals surface area contributed by atoms with E-state index in [0.29, 0.717) is 54.6 Å². The third-order valence-electron chi connectivity index (χ3n) is 12.4. The summed E-state index contributed by atoms with van der Waals surface area (Å²) in [6, 6.07) is 4.85. The van der Waals surface area contributed by atoms with Gasteiger partial charge >= 0.3 is 0 Å². The predicted molar refractivity (Wildman–Crippen MR) is 241 cm³/mol. The molecule has 0 amide bonds. The molecule has 4 saturated heterocycles. The first kappa shape index (κ1) is 52.4. The Morgan fingerprint density at radius 2 is 1.00 bits per heavy atom. The van der Waals surface area contributed by atoms with Crippen LogP contribution in [-0.4, -0.2) is 158 Å². The van der Waals surface area contributed by atoms with Crippen molar-refractivity contribution in [1.82, 2.24) is 35.1 Å². The van der Waals surface area contributed by atoms with Crippen LogP contribution in [0.2, 0.25) is 0 Å². The lowest BCUT2D eigenvalue weighted by molar-refractivity contribution is -0.118. The summed E-state index contributed by atoms with van der Waals surface area (Å²) < 4.78 is 0. The number of nitrogens with one attached hydrogen (secondary N) is 2. The Morgan fingerprint density at radius 1 is 0.582 bits per heavy atom. The van der Waals surface area contributed by atoms with Gasteiger partial charge in [-0.25, -0.2) is 0 Å². The fraction of sp³-hybridized carbons (Fsp3) is 0.978. The van der Waals surface area contributed by atoms with E-state index in [1.807, 2.05) is 0 Å². The molecule has 0 aromatic heterocycles. The average Bonchev–Trinajstić information content (AvgIpc) is 3.83. The standard InChI is InChI=1S/C13H28N2.C12H26N2.C11H24N2.C10H20N2O/c1-10(2)7-12-8-15(11(3)4)9-13(12)14(5)6;1-9(2)6-11-7-14(10(3)4)8-12(11)13-5;1-8(2)5-10-6-13(9(3)4)7-11(10)12;1-7(2)11-9-5-12(8(3)4)6-10(9)13/h10-13H,7-9H2,1-6H3;9-13H,6-8H2,1-5H3;8-11H,5-7,12H2,1-4H3;7-9,11H,5-6H2,1-4H3. The molecule has 7 atom stereocenters. The smallest absolute Gasteiger partial charge is 0.164 e. The Hall–Kier alpha value is -0.650. The lowest BCUT2D eigenvalue weighted by Gasteiger charge is -2.26. The van der Waals surface area contributed by atoms with Crippen molar-refractivity contribution in [1.29, 1.82) is 0 Å². The Kier molecular flexibility index (Phi) is 24.5. The van der Waals surface area contributed by atoms with Crippen LogP contribution >= 0.6 is 0 Å².